The van der Waals surface area contributed by atoms with E-state index in [-0.39, 0.29) is 18.5 Å². The molecule has 0 bridgehead atoms. The van der Waals surface area contributed by atoms with Gasteiger partial charge in [-0.1, -0.05) is 0 Å². The Balaban J connectivity index is 1.50. The van der Waals surface area contributed by atoms with E-state index in [4.69, 9.17) is 10.5 Å². The van der Waals surface area contributed by atoms with E-state index in [2.05, 4.69) is 5.32 Å². The Morgan fingerprint density at radius 1 is 1.00 bits per heavy atom. The lowest BCUT2D eigenvalue weighted by Crippen LogP contribution is -2.45. The van der Waals surface area contributed by atoms with Crippen molar-refractivity contribution in [2.24, 2.45) is 5.73 Å². The summed E-state index contributed by atoms with van der Waals surface area (Å²) in [6, 6.07) is 13.1. The Labute approximate surface area is 167 Å². The van der Waals surface area contributed by atoms with Crippen LogP contribution < -0.4 is 15.8 Å². The van der Waals surface area contributed by atoms with Gasteiger partial charge in [-0.25, -0.2) is 8.78 Å². The van der Waals surface area contributed by atoms with Crippen molar-refractivity contribution in [3.05, 3.63) is 59.7 Å². The van der Waals surface area contributed by atoms with E-state index in [0.717, 1.165) is 0 Å². The largest absolute Gasteiger partial charge is 0.457 e. The van der Waals surface area contributed by atoms with Crippen LogP contribution in [-0.4, -0.2) is 48.8 Å². The molecular formula is C21H23F2N3O3. The van der Waals surface area contributed by atoms with Crippen LogP contribution in [0.2, 0.25) is 0 Å². The number of piperidine rings is 1. The minimum absolute atomic E-state index is 0.0175. The van der Waals surface area contributed by atoms with E-state index in [9.17, 15) is 18.4 Å². The van der Waals surface area contributed by atoms with Gasteiger partial charge < -0.3 is 15.8 Å². The molecule has 1 saturated heterocycles. The number of alkyl halides is 2. The topological polar surface area (TPSA) is 84.7 Å². The first-order valence-electron chi connectivity index (χ1n) is 9.40. The van der Waals surface area contributed by atoms with Gasteiger partial charge in [0.05, 0.1) is 6.54 Å². The Bertz CT molecular complexity index is 833. The predicted molar refractivity (Wildman–Crippen MR) is 104 cm³/mol. The molecule has 0 atom stereocenters. The highest BCUT2D eigenvalue weighted by Gasteiger charge is 2.22. The zero-order chi connectivity index (χ0) is 20.8. The molecule has 3 rings (SSSR count). The summed E-state index contributed by atoms with van der Waals surface area (Å²) in [5.74, 6) is 0.387. The molecule has 8 heteroatoms. The normalized spacial score (nSPS) is 15.3. The SMILES string of the molecule is NC(=O)c1ccc(Oc2ccc(C(=O)NC3CCN(CC(F)F)CC3)cc2)cc1. The summed E-state index contributed by atoms with van der Waals surface area (Å²) in [5, 5.41) is 2.96. The molecule has 2 aromatic carbocycles. The van der Waals surface area contributed by atoms with Crippen molar-refractivity contribution in [2.45, 2.75) is 25.3 Å². The lowest BCUT2D eigenvalue weighted by atomic mass is 10.0. The highest BCUT2D eigenvalue weighted by atomic mass is 19.3. The van der Waals surface area contributed by atoms with Crippen LogP contribution in [0.3, 0.4) is 0 Å². The van der Waals surface area contributed by atoms with E-state index in [1.165, 1.54) is 0 Å². The molecule has 154 valence electrons. The summed E-state index contributed by atoms with van der Waals surface area (Å²) in [4.78, 5) is 25.2. The van der Waals surface area contributed by atoms with Crippen LogP contribution in [0.25, 0.3) is 0 Å². The van der Waals surface area contributed by atoms with Gasteiger partial charge in [0.25, 0.3) is 12.3 Å². The van der Waals surface area contributed by atoms with Gasteiger partial charge in [-0.3, -0.25) is 14.5 Å². The third kappa shape index (κ3) is 5.99. The fourth-order valence-electron chi connectivity index (χ4n) is 3.22. The number of nitrogens with one attached hydrogen (secondary N) is 1. The highest BCUT2D eigenvalue weighted by molar-refractivity contribution is 5.94. The number of hydrogen-bond donors (Lipinski definition) is 2. The molecule has 1 heterocycles. The summed E-state index contributed by atoms with van der Waals surface area (Å²) in [7, 11) is 0. The summed E-state index contributed by atoms with van der Waals surface area (Å²) in [6.45, 7) is 0.889. The number of halogens is 2. The van der Waals surface area contributed by atoms with E-state index < -0.39 is 12.3 Å². The fraction of sp³-hybridized carbons (Fsp3) is 0.333. The quantitative estimate of drug-likeness (QED) is 0.744. The second-order valence-electron chi connectivity index (χ2n) is 6.95. The van der Waals surface area contributed by atoms with Crippen molar-refractivity contribution in [3.8, 4) is 11.5 Å². The first kappa shape index (κ1) is 20.7. The number of hydrogen-bond acceptors (Lipinski definition) is 4. The van der Waals surface area contributed by atoms with Crippen LogP contribution in [-0.2, 0) is 0 Å². The van der Waals surface area contributed by atoms with Crippen LogP contribution in [0.1, 0.15) is 33.6 Å². The van der Waals surface area contributed by atoms with Gasteiger partial charge in [0.1, 0.15) is 11.5 Å². The monoisotopic (exact) mass is 403 g/mol. The number of carbonyl (C=O) groups excluding carboxylic acids is 2. The van der Waals surface area contributed by atoms with Crippen LogP contribution in [0.5, 0.6) is 11.5 Å². The maximum Gasteiger partial charge on any atom is 0.251 e. The van der Waals surface area contributed by atoms with Gasteiger partial charge in [0, 0.05) is 30.3 Å². The predicted octanol–water partition coefficient (Wildman–Crippen LogP) is 3.04. The average molecular weight is 403 g/mol. The first-order chi connectivity index (χ1) is 13.9. The Morgan fingerprint density at radius 2 is 1.52 bits per heavy atom. The maximum absolute atomic E-state index is 12.4. The molecule has 2 aromatic rings. The molecule has 0 radical (unpaired) electrons. The Kier molecular flexibility index (Phi) is 6.77. The van der Waals surface area contributed by atoms with Gasteiger partial charge in [-0.2, -0.15) is 0 Å². The number of nitrogens with two attached hydrogens (primary N) is 1. The third-order valence-corrected chi connectivity index (χ3v) is 4.81. The lowest BCUT2D eigenvalue weighted by molar-refractivity contribution is 0.0696. The molecule has 6 nitrogen and oxygen atoms in total. The van der Waals surface area contributed by atoms with Gasteiger partial charge in [0.15, 0.2) is 0 Å². The van der Waals surface area contributed by atoms with E-state index in [1.54, 1.807) is 53.4 Å². The number of rotatable bonds is 7. The van der Waals surface area contributed by atoms with Crippen molar-refractivity contribution in [1.29, 1.82) is 0 Å². The second-order valence-corrected chi connectivity index (χ2v) is 6.95. The van der Waals surface area contributed by atoms with Crippen molar-refractivity contribution in [2.75, 3.05) is 19.6 Å². The fourth-order valence-corrected chi connectivity index (χ4v) is 3.22. The van der Waals surface area contributed by atoms with Crippen molar-refractivity contribution in [3.63, 3.8) is 0 Å². The van der Waals surface area contributed by atoms with Gasteiger partial charge in [-0.05, 0) is 61.4 Å². The molecule has 2 amide bonds. The zero-order valence-corrected chi connectivity index (χ0v) is 15.8. The third-order valence-electron chi connectivity index (χ3n) is 4.81. The van der Waals surface area contributed by atoms with E-state index >= 15 is 0 Å². The minimum Gasteiger partial charge on any atom is -0.457 e. The zero-order valence-electron chi connectivity index (χ0n) is 15.8. The van der Waals surface area contributed by atoms with Crippen LogP contribution in [0.4, 0.5) is 8.78 Å². The molecule has 1 aliphatic heterocycles. The first-order valence-corrected chi connectivity index (χ1v) is 9.40. The average Bonchev–Trinajstić information content (AvgIpc) is 2.70. The summed E-state index contributed by atoms with van der Waals surface area (Å²) in [6.07, 6.45) is -1.02. The van der Waals surface area contributed by atoms with Gasteiger partial charge in [-0.15, -0.1) is 0 Å². The molecule has 1 fully saturated rings. The molecule has 0 unspecified atom stereocenters. The van der Waals surface area contributed by atoms with Crippen LogP contribution >= 0.6 is 0 Å². The molecule has 29 heavy (non-hydrogen) atoms. The van der Waals surface area contributed by atoms with Crippen molar-refractivity contribution in [1.82, 2.24) is 10.2 Å². The number of amides is 2. The molecule has 0 aromatic heterocycles. The number of benzene rings is 2. The van der Waals surface area contributed by atoms with E-state index in [1.807, 2.05) is 0 Å². The molecule has 3 N–H and O–H groups in total. The molecule has 0 aliphatic carbocycles. The number of primary amides is 1. The standard InChI is InChI=1S/C21H23F2N3O3/c22-19(23)13-26-11-9-16(10-12-26)25-21(28)15-3-7-18(8-4-15)29-17-5-1-14(2-6-17)20(24)27/h1-8,16,19H,9-13H2,(H2,24,27)(H,25,28). The van der Waals surface area contributed by atoms with Crippen LogP contribution in [0.15, 0.2) is 48.5 Å². The lowest BCUT2D eigenvalue weighted by Gasteiger charge is -2.32. The van der Waals surface area contributed by atoms with Crippen molar-refractivity contribution < 1.29 is 23.1 Å². The molecule has 1 aliphatic rings. The molecular weight excluding hydrogens is 380 g/mol. The summed E-state index contributed by atoms with van der Waals surface area (Å²) >= 11 is 0. The smallest absolute Gasteiger partial charge is 0.251 e. The van der Waals surface area contributed by atoms with Gasteiger partial charge >= 0.3 is 0 Å². The maximum atomic E-state index is 12.4. The van der Waals surface area contributed by atoms with Crippen LogP contribution in [0, 0.1) is 0 Å². The second kappa shape index (κ2) is 9.47. The van der Waals surface area contributed by atoms with E-state index in [0.29, 0.717) is 48.6 Å². The number of likely N-dealkylation sites (tertiary alicyclic amines) is 1. The molecule has 0 saturated carbocycles. The van der Waals surface area contributed by atoms with Crippen molar-refractivity contribution >= 4 is 11.8 Å². The highest BCUT2D eigenvalue weighted by Crippen LogP contribution is 2.22. The summed E-state index contributed by atoms with van der Waals surface area (Å²) < 4.78 is 30.5. The minimum atomic E-state index is -2.33. The molecule has 0 spiro atoms. The number of ether oxygens (including phenoxy) is 1. The Morgan fingerprint density at radius 3 is 2.00 bits per heavy atom. The van der Waals surface area contributed by atoms with Gasteiger partial charge in [0.2, 0.25) is 5.91 Å². The Hall–Kier alpha value is -3.00. The summed E-state index contributed by atoms with van der Waals surface area (Å²) in [5.41, 5.74) is 6.09. The number of nitrogens with zero attached hydrogens (tertiary/aromatic N) is 1. The number of carbonyl (C=O) groups is 2.